The number of hydrogen-bond donors (Lipinski definition) is 2. The Kier molecular flexibility index (Phi) is 4.37. The van der Waals surface area contributed by atoms with Gasteiger partial charge in [0.15, 0.2) is 0 Å². The molecule has 21 heavy (non-hydrogen) atoms. The molecule has 0 aliphatic heterocycles. The lowest BCUT2D eigenvalue weighted by Gasteiger charge is -2.12. The summed E-state index contributed by atoms with van der Waals surface area (Å²) in [6.45, 7) is 4.09. The lowest BCUT2D eigenvalue weighted by Crippen LogP contribution is -2.18. The first kappa shape index (κ1) is 15.2. The molecule has 2 aromatic rings. The predicted molar refractivity (Wildman–Crippen MR) is 82.9 cm³/mol. The maximum absolute atomic E-state index is 12.4. The maximum Gasteiger partial charge on any atom is 0.276 e. The number of anilines is 2. The summed E-state index contributed by atoms with van der Waals surface area (Å²) in [5.74, 6) is 0.187. The monoisotopic (exact) mass is 308 g/mol. The van der Waals surface area contributed by atoms with Crippen LogP contribution >= 0.6 is 11.6 Å². The van der Waals surface area contributed by atoms with Gasteiger partial charge in [0.1, 0.15) is 11.4 Å². The van der Waals surface area contributed by atoms with Crippen molar-refractivity contribution < 1.29 is 9.53 Å². The number of nitrogens with one attached hydrogen (secondary N) is 1. The third kappa shape index (κ3) is 3.11. The molecule has 1 aromatic heterocycles. The van der Waals surface area contributed by atoms with Crippen LogP contribution in [0.25, 0.3) is 0 Å². The van der Waals surface area contributed by atoms with E-state index in [-0.39, 0.29) is 5.91 Å². The molecule has 6 nitrogen and oxygen atoms in total. The smallest absolute Gasteiger partial charge is 0.276 e. The number of halogens is 1. The number of nitrogens with two attached hydrogens (primary N) is 1. The fourth-order valence-electron chi connectivity index (χ4n) is 2.01. The lowest BCUT2D eigenvalue weighted by atomic mass is 10.2. The molecule has 0 aliphatic carbocycles. The Bertz CT molecular complexity index is 682. The van der Waals surface area contributed by atoms with E-state index in [1.165, 1.54) is 4.68 Å². The number of hydrogen-bond acceptors (Lipinski definition) is 4. The molecule has 1 heterocycles. The number of carbonyl (C=O) groups excluding carboxylic acids is 1. The van der Waals surface area contributed by atoms with E-state index in [1.807, 2.05) is 6.92 Å². The van der Waals surface area contributed by atoms with Crippen molar-refractivity contribution in [2.45, 2.75) is 13.8 Å². The molecule has 7 heteroatoms. The Hall–Kier alpha value is -2.21. The number of carbonyl (C=O) groups is 1. The van der Waals surface area contributed by atoms with Crippen molar-refractivity contribution in [3.63, 3.8) is 0 Å². The summed E-state index contributed by atoms with van der Waals surface area (Å²) in [5, 5.41) is 7.38. The second-order valence-electron chi connectivity index (χ2n) is 4.50. The molecule has 0 saturated heterocycles. The summed E-state index contributed by atoms with van der Waals surface area (Å²) in [7, 11) is 1.67. The van der Waals surface area contributed by atoms with Crippen LogP contribution in [0.15, 0.2) is 18.2 Å². The minimum absolute atomic E-state index is 0.301. The summed E-state index contributed by atoms with van der Waals surface area (Å²) in [5.41, 5.74) is 7.64. The highest BCUT2D eigenvalue weighted by Gasteiger charge is 2.19. The van der Waals surface area contributed by atoms with Crippen molar-refractivity contribution in [3.8, 4) is 5.75 Å². The van der Waals surface area contributed by atoms with E-state index in [0.29, 0.717) is 40.1 Å². The maximum atomic E-state index is 12.4. The molecule has 112 valence electrons. The summed E-state index contributed by atoms with van der Waals surface area (Å²) in [4.78, 5) is 12.4. The normalized spacial score (nSPS) is 10.5. The van der Waals surface area contributed by atoms with Gasteiger partial charge in [-0.1, -0.05) is 11.6 Å². The first-order valence-electron chi connectivity index (χ1n) is 6.46. The lowest BCUT2D eigenvalue weighted by molar-refractivity contribution is 0.101. The SMILES string of the molecule is CCOc1ccc(Cl)cc1NC(=O)c1c(N)c(C)nn1C. The minimum Gasteiger partial charge on any atom is -0.492 e. The molecular weight excluding hydrogens is 292 g/mol. The molecule has 0 unspecified atom stereocenters. The zero-order valence-corrected chi connectivity index (χ0v) is 12.9. The summed E-state index contributed by atoms with van der Waals surface area (Å²) in [6, 6.07) is 5.04. The van der Waals surface area contributed by atoms with Crippen LogP contribution in [0, 0.1) is 6.92 Å². The Balaban J connectivity index is 2.33. The third-order valence-electron chi connectivity index (χ3n) is 2.97. The zero-order valence-electron chi connectivity index (χ0n) is 12.1. The van der Waals surface area contributed by atoms with Gasteiger partial charge in [0.05, 0.1) is 23.7 Å². The van der Waals surface area contributed by atoms with Gasteiger partial charge in [0.25, 0.3) is 5.91 Å². The van der Waals surface area contributed by atoms with Crippen molar-refractivity contribution in [1.82, 2.24) is 9.78 Å². The number of aromatic nitrogens is 2. The fraction of sp³-hybridized carbons (Fsp3) is 0.286. The van der Waals surface area contributed by atoms with Gasteiger partial charge in [-0.3, -0.25) is 9.48 Å². The molecule has 0 atom stereocenters. The van der Waals surface area contributed by atoms with Crippen molar-refractivity contribution in [1.29, 1.82) is 0 Å². The van der Waals surface area contributed by atoms with Gasteiger partial charge in [-0.2, -0.15) is 5.10 Å². The Morgan fingerprint density at radius 2 is 2.24 bits per heavy atom. The van der Waals surface area contributed by atoms with E-state index in [1.54, 1.807) is 32.2 Å². The number of amides is 1. The first-order chi connectivity index (χ1) is 9.93. The second kappa shape index (κ2) is 6.05. The first-order valence-corrected chi connectivity index (χ1v) is 6.84. The van der Waals surface area contributed by atoms with Gasteiger partial charge >= 0.3 is 0 Å². The average Bonchev–Trinajstić information content (AvgIpc) is 2.66. The van der Waals surface area contributed by atoms with Crippen LogP contribution in [0.5, 0.6) is 5.75 Å². The average molecular weight is 309 g/mol. The van der Waals surface area contributed by atoms with Gasteiger partial charge < -0.3 is 15.8 Å². The molecule has 0 radical (unpaired) electrons. The van der Waals surface area contributed by atoms with Crippen molar-refractivity contribution >= 4 is 28.9 Å². The highest BCUT2D eigenvalue weighted by atomic mass is 35.5. The van der Waals surface area contributed by atoms with Crippen LogP contribution < -0.4 is 15.8 Å². The van der Waals surface area contributed by atoms with E-state index in [4.69, 9.17) is 22.1 Å². The largest absolute Gasteiger partial charge is 0.492 e. The van der Waals surface area contributed by atoms with Crippen molar-refractivity contribution in [3.05, 3.63) is 34.6 Å². The molecule has 2 rings (SSSR count). The van der Waals surface area contributed by atoms with Gasteiger partial charge in [0, 0.05) is 12.1 Å². The van der Waals surface area contributed by atoms with Gasteiger partial charge in [0.2, 0.25) is 0 Å². The highest BCUT2D eigenvalue weighted by molar-refractivity contribution is 6.31. The number of rotatable bonds is 4. The fourth-order valence-corrected chi connectivity index (χ4v) is 2.18. The summed E-state index contributed by atoms with van der Waals surface area (Å²) >= 11 is 5.96. The Morgan fingerprint density at radius 1 is 1.52 bits per heavy atom. The highest BCUT2D eigenvalue weighted by Crippen LogP contribution is 2.29. The van der Waals surface area contributed by atoms with Crippen LogP contribution in [0.2, 0.25) is 5.02 Å². The molecule has 0 fully saturated rings. The van der Waals surface area contributed by atoms with E-state index >= 15 is 0 Å². The van der Waals surface area contributed by atoms with Gasteiger partial charge in [-0.15, -0.1) is 0 Å². The van der Waals surface area contributed by atoms with Crippen molar-refractivity contribution in [2.75, 3.05) is 17.7 Å². The van der Waals surface area contributed by atoms with Crippen LogP contribution in [0.3, 0.4) is 0 Å². The molecular formula is C14H17ClN4O2. The predicted octanol–water partition coefficient (Wildman–Crippen LogP) is 2.62. The molecule has 0 saturated carbocycles. The van der Waals surface area contributed by atoms with Crippen molar-refractivity contribution in [2.24, 2.45) is 7.05 Å². The van der Waals surface area contributed by atoms with E-state index in [9.17, 15) is 4.79 Å². The number of ether oxygens (including phenoxy) is 1. The third-order valence-corrected chi connectivity index (χ3v) is 3.21. The van der Waals surface area contributed by atoms with Crippen LogP contribution in [0.4, 0.5) is 11.4 Å². The van der Waals surface area contributed by atoms with E-state index < -0.39 is 0 Å². The molecule has 0 aliphatic rings. The molecule has 1 amide bonds. The number of aryl methyl sites for hydroxylation is 2. The van der Waals surface area contributed by atoms with E-state index in [2.05, 4.69) is 10.4 Å². The van der Waals surface area contributed by atoms with E-state index in [0.717, 1.165) is 0 Å². The van der Waals surface area contributed by atoms with Gasteiger partial charge in [-0.25, -0.2) is 0 Å². The van der Waals surface area contributed by atoms with Crippen LogP contribution in [0.1, 0.15) is 23.1 Å². The summed E-state index contributed by atoms with van der Waals surface area (Å²) in [6.07, 6.45) is 0. The quantitative estimate of drug-likeness (QED) is 0.909. The molecule has 3 N–H and O–H groups in total. The number of benzene rings is 1. The topological polar surface area (TPSA) is 82.2 Å². The Labute approximate surface area is 127 Å². The number of nitrogens with zero attached hydrogens (tertiary/aromatic N) is 2. The molecule has 0 bridgehead atoms. The minimum atomic E-state index is -0.362. The standard InChI is InChI=1S/C14H17ClN4O2/c1-4-21-11-6-5-9(15)7-10(11)17-14(20)13-12(16)8(2)18-19(13)3/h5-7H,4,16H2,1-3H3,(H,17,20). The van der Waals surface area contributed by atoms with Crippen LogP contribution in [-0.2, 0) is 7.05 Å². The Morgan fingerprint density at radius 3 is 2.81 bits per heavy atom. The zero-order chi connectivity index (χ0) is 15.6. The summed E-state index contributed by atoms with van der Waals surface area (Å²) < 4.78 is 6.92. The van der Waals surface area contributed by atoms with Gasteiger partial charge in [-0.05, 0) is 32.0 Å². The molecule has 0 spiro atoms. The molecule has 1 aromatic carbocycles. The van der Waals surface area contributed by atoms with Crippen LogP contribution in [-0.4, -0.2) is 22.3 Å². The number of nitrogen functional groups attached to an aromatic ring is 1. The second-order valence-corrected chi connectivity index (χ2v) is 4.94.